The first-order valence-electron chi connectivity index (χ1n) is 3.60. The van der Waals surface area contributed by atoms with Gasteiger partial charge in [-0.15, -0.1) is 0 Å². The SMILES string of the molecule is CC(Oc1ccc(F)cn1)C(=O)O. The number of pyridine rings is 1. The van der Waals surface area contributed by atoms with Crippen molar-refractivity contribution in [2.75, 3.05) is 0 Å². The maximum absolute atomic E-state index is 12.3. The van der Waals surface area contributed by atoms with Gasteiger partial charge in [-0.25, -0.2) is 14.2 Å². The molecule has 13 heavy (non-hydrogen) atoms. The summed E-state index contributed by atoms with van der Waals surface area (Å²) in [7, 11) is 0. The van der Waals surface area contributed by atoms with Crippen molar-refractivity contribution in [2.45, 2.75) is 13.0 Å². The lowest BCUT2D eigenvalue weighted by molar-refractivity contribution is -0.144. The summed E-state index contributed by atoms with van der Waals surface area (Å²) >= 11 is 0. The van der Waals surface area contributed by atoms with Crippen LogP contribution in [0.5, 0.6) is 5.88 Å². The molecule has 1 unspecified atom stereocenters. The lowest BCUT2D eigenvalue weighted by atomic mass is 10.4. The van der Waals surface area contributed by atoms with Crippen LogP contribution in [-0.2, 0) is 4.79 Å². The molecule has 5 heteroatoms. The molecule has 4 nitrogen and oxygen atoms in total. The quantitative estimate of drug-likeness (QED) is 0.765. The van der Waals surface area contributed by atoms with Crippen LogP contribution < -0.4 is 4.74 Å². The van der Waals surface area contributed by atoms with Crippen LogP contribution in [0.2, 0.25) is 0 Å². The molecule has 0 fully saturated rings. The summed E-state index contributed by atoms with van der Waals surface area (Å²) in [5, 5.41) is 8.47. The normalized spacial score (nSPS) is 12.2. The van der Waals surface area contributed by atoms with Crippen LogP contribution in [0.15, 0.2) is 18.3 Å². The van der Waals surface area contributed by atoms with Crippen molar-refractivity contribution < 1.29 is 19.0 Å². The summed E-state index contributed by atoms with van der Waals surface area (Å²) in [6.07, 6.45) is -0.0258. The summed E-state index contributed by atoms with van der Waals surface area (Å²) in [6.45, 7) is 1.37. The highest BCUT2D eigenvalue weighted by molar-refractivity contribution is 5.72. The van der Waals surface area contributed by atoms with Gasteiger partial charge in [-0.05, 0) is 13.0 Å². The zero-order valence-corrected chi connectivity index (χ0v) is 6.90. The Morgan fingerprint density at radius 2 is 2.38 bits per heavy atom. The smallest absolute Gasteiger partial charge is 0.344 e. The van der Waals surface area contributed by atoms with Crippen molar-refractivity contribution in [3.8, 4) is 5.88 Å². The lowest BCUT2D eigenvalue weighted by Crippen LogP contribution is -2.23. The van der Waals surface area contributed by atoms with Gasteiger partial charge >= 0.3 is 5.97 Å². The number of carboxylic acids is 1. The minimum absolute atomic E-state index is 0.0938. The summed E-state index contributed by atoms with van der Waals surface area (Å²) < 4.78 is 17.2. The second-order valence-corrected chi connectivity index (χ2v) is 2.41. The van der Waals surface area contributed by atoms with Gasteiger partial charge in [-0.1, -0.05) is 0 Å². The van der Waals surface area contributed by atoms with Gasteiger partial charge in [0, 0.05) is 6.07 Å². The zero-order chi connectivity index (χ0) is 9.84. The van der Waals surface area contributed by atoms with Crippen molar-refractivity contribution >= 4 is 5.97 Å². The van der Waals surface area contributed by atoms with E-state index >= 15 is 0 Å². The molecule has 0 aliphatic carbocycles. The van der Waals surface area contributed by atoms with Gasteiger partial charge in [0.2, 0.25) is 5.88 Å². The van der Waals surface area contributed by atoms with Gasteiger partial charge in [0.1, 0.15) is 5.82 Å². The van der Waals surface area contributed by atoms with Crippen LogP contribution in [0.4, 0.5) is 4.39 Å². The monoisotopic (exact) mass is 185 g/mol. The number of hydrogen-bond acceptors (Lipinski definition) is 3. The first kappa shape index (κ1) is 9.44. The molecule has 1 rings (SSSR count). The molecule has 0 spiro atoms. The third kappa shape index (κ3) is 2.70. The number of aromatic nitrogens is 1. The highest BCUT2D eigenvalue weighted by Crippen LogP contribution is 2.08. The Bertz CT molecular complexity index is 299. The van der Waals surface area contributed by atoms with Crippen LogP contribution in [-0.4, -0.2) is 22.2 Å². The van der Waals surface area contributed by atoms with Gasteiger partial charge in [0.05, 0.1) is 6.20 Å². The highest BCUT2D eigenvalue weighted by Gasteiger charge is 2.12. The Morgan fingerprint density at radius 1 is 1.69 bits per heavy atom. The first-order valence-corrected chi connectivity index (χ1v) is 3.60. The Labute approximate surface area is 74.0 Å². The molecule has 70 valence electrons. The van der Waals surface area contributed by atoms with Gasteiger partial charge in [-0.2, -0.15) is 0 Å². The van der Waals surface area contributed by atoms with Gasteiger partial charge in [0.15, 0.2) is 6.10 Å². The van der Waals surface area contributed by atoms with Crippen LogP contribution >= 0.6 is 0 Å². The second kappa shape index (κ2) is 3.84. The molecule has 0 saturated carbocycles. The molecule has 1 aromatic heterocycles. The Balaban J connectivity index is 2.64. The number of rotatable bonds is 3. The topological polar surface area (TPSA) is 59.4 Å². The molecule has 1 atom stereocenters. The average molecular weight is 185 g/mol. The molecule has 1 aromatic rings. The van der Waals surface area contributed by atoms with E-state index in [1.807, 2.05) is 0 Å². The molecular weight excluding hydrogens is 177 g/mol. The summed E-state index contributed by atoms with van der Waals surface area (Å²) in [4.78, 5) is 13.9. The molecule has 0 amide bonds. The van der Waals surface area contributed by atoms with E-state index in [1.54, 1.807) is 0 Å². The van der Waals surface area contributed by atoms with Crippen molar-refractivity contribution in [1.82, 2.24) is 4.98 Å². The number of aliphatic carboxylic acids is 1. The number of carbonyl (C=O) groups is 1. The van der Waals surface area contributed by atoms with E-state index in [0.29, 0.717) is 0 Å². The van der Waals surface area contributed by atoms with E-state index in [1.165, 1.54) is 13.0 Å². The summed E-state index contributed by atoms with van der Waals surface area (Å²) in [6, 6.07) is 2.42. The average Bonchev–Trinajstić information content (AvgIpc) is 2.08. The van der Waals surface area contributed by atoms with Crippen molar-refractivity contribution in [1.29, 1.82) is 0 Å². The fraction of sp³-hybridized carbons (Fsp3) is 0.250. The zero-order valence-electron chi connectivity index (χ0n) is 6.90. The third-order valence-corrected chi connectivity index (χ3v) is 1.35. The predicted octanol–water partition coefficient (Wildman–Crippen LogP) is 1.07. The molecule has 1 heterocycles. The van der Waals surface area contributed by atoms with Gasteiger partial charge < -0.3 is 9.84 Å². The second-order valence-electron chi connectivity index (χ2n) is 2.41. The van der Waals surface area contributed by atoms with Crippen molar-refractivity contribution in [2.24, 2.45) is 0 Å². The van der Waals surface area contributed by atoms with E-state index in [9.17, 15) is 9.18 Å². The minimum Gasteiger partial charge on any atom is -0.479 e. The van der Waals surface area contributed by atoms with E-state index in [4.69, 9.17) is 9.84 Å². The number of halogens is 1. The van der Waals surface area contributed by atoms with Crippen LogP contribution in [0.25, 0.3) is 0 Å². The number of carboxylic acid groups (broad SMARTS) is 1. The molecule has 0 radical (unpaired) electrons. The summed E-state index contributed by atoms with van der Waals surface area (Å²) in [5.74, 6) is -1.49. The standard InChI is InChI=1S/C8H8FNO3/c1-5(8(11)12)13-7-3-2-6(9)4-10-7/h2-5H,1H3,(H,11,12). The van der Waals surface area contributed by atoms with E-state index in [2.05, 4.69) is 4.98 Å². The molecule has 1 N–H and O–H groups in total. The fourth-order valence-electron chi connectivity index (χ4n) is 0.663. The van der Waals surface area contributed by atoms with E-state index < -0.39 is 17.9 Å². The van der Waals surface area contributed by atoms with Crippen molar-refractivity contribution in [3.63, 3.8) is 0 Å². The Morgan fingerprint density at radius 3 is 2.85 bits per heavy atom. The molecule has 0 aromatic carbocycles. The maximum atomic E-state index is 12.3. The number of hydrogen-bond donors (Lipinski definition) is 1. The molecule has 0 aliphatic heterocycles. The molecular formula is C8H8FNO3. The first-order chi connectivity index (χ1) is 6.09. The fourth-order valence-corrected chi connectivity index (χ4v) is 0.663. The number of nitrogens with zero attached hydrogens (tertiary/aromatic N) is 1. The lowest BCUT2D eigenvalue weighted by Gasteiger charge is -2.08. The Hall–Kier alpha value is -1.65. The molecule has 0 saturated heterocycles. The van der Waals surface area contributed by atoms with E-state index in [0.717, 1.165) is 12.3 Å². The largest absolute Gasteiger partial charge is 0.479 e. The predicted molar refractivity (Wildman–Crippen MR) is 41.9 cm³/mol. The summed E-state index contributed by atoms with van der Waals surface area (Å²) in [5.41, 5.74) is 0. The number of ether oxygens (including phenoxy) is 1. The van der Waals surface area contributed by atoms with Crippen LogP contribution in [0.1, 0.15) is 6.92 Å². The van der Waals surface area contributed by atoms with Crippen molar-refractivity contribution in [3.05, 3.63) is 24.1 Å². The Kier molecular flexibility index (Phi) is 2.79. The van der Waals surface area contributed by atoms with Crippen LogP contribution in [0.3, 0.4) is 0 Å². The van der Waals surface area contributed by atoms with Crippen LogP contribution in [0, 0.1) is 5.82 Å². The van der Waals surface area contributed by atoms with Gasteiger partial charge in [-0.3, -0.25) is 0 Å². The highest BCUT2D eigenvalue weighted by atomic mass is 19.1. The van der Waals surface area contributed by atoms with E-state index in [-0.39, 0.29) is 5.88 Å². The third-order valence-electron chi connectivity index (χ3n) is 1.35. The molecule has 0 bridgehead atoms. The maximum Gasteiger partial charge on any atom is 0.344 e. The van der Waals surface area contributed by atoms with Gasteiger partial charge in [0.25, 0.3) is 0 Å². The minimum atomic E-state index is -1.09. The molecule has 0 aliphatic rings.